The quantitative estimate of drug-likeness (QED) is 0.643. The number of benzene rings is 1. The lowest BCUT2D eigenvalue weighted by Crippen LogP contribution is -2.49. The highest BCUT2D eigenvalue weighted by atomic mass is 32.2. The molecule has 1 saturated carbocycles. The molecule has 0 saturated heterocycles. The van der Waals surface area contributed by atoms with E-state index in [1.807, 2.05) is 31.2 Å². The van der Waals surface area contributed by atoms with Crippen molar-refractivity contribution in [1.82, 2.24) is 14.7 Å². The van der Waals surface area contributed by atoms with Crippen molar-refractivity contribution in [3.63, 3.8) is 0 Å². The number of nitrogens with zero attached hydrogens (tertiary/aromatic N) is 1. The van der Waals surface area contributed by atoms with Gasteiger partial charge in [-0.15, -0.1) is 0 Å². The topological polar surface area (TPSA) is 101 Å². The molecule has 2 aromatic heterocycles. The van der Waals surface area contributed by atoms with Gasteiger partial charge in [0.05, 0.1) is 4.90 Å². The first-order chi connectivity index (χ1) is 12.9. The van der Waals surface area contributed by atoms with Crippen LogP contribution >= 0.6 is 0 Å². The molecule has 2 heterocycles. The lowest BCUT2D eigenvalue weighted by atomic mass is 9.92. The second-order valence-electron chi connectivity index (χ2n) is 7.27. The number of pyridine rings is 1. The molecule has 0 bridgehead atoms. The van der Waals surface area contributed by atoms with Crippen LogP contribution in [0.25, 0.3) is 22.2 Å². The highest BCUT2D eigenvalue weighted by molar-refractivity contribution is 7.89. The van der Waals surface area contributed by atoms with Crippen molar-refractivity contribution in [2.75, 3.05) is 0 Å². The van der Waals surface area contributed by atoms with Crippen LogP contribution < -0.4 is 10.5 Å². The van der Waals surface area contributed by atoms with Crippen LogP contribution in [-0.4, -0.2) is 30.5 Å². The smallest absolute Gasteiger partial charge is 0.240 e. The highest BCUT2D eigenvalue weighted by Gasteiger charge is 2.27. The molecule has 6 nitrogen and oxygen atoms in total. The third-order valence-electron chi connectivity index (χ3n) is 5.27. The number of sulfonamides is 1. The van der Waals surface area contributed by atoms with Crippen molar-refractivity contribution in [3.8, 4) is 11.1 Å². The van der Waals surface area contributed by atoms with E-state index in [0.29, 0.717) is 0 Å². The molecule has 1 fully saturated rings. The van der Waals surface area contributed by atoms with Crippen molar-refractivity contribution in [3.05, 3.63) is 48.3 Å². The zero-order chi connectivity index (χ0) is 19.0. The van der Waals surface area contributed by atoms with Crippen LogP contribution in [0, 0.1) is 6.92 Å². The molecule has 0 spiro atoms. The number of nitrogens with one attached hydrogen (secondary N) is 2. The SMILES string of the molecule is Cc1cc2c(-c3ccc(S(=O)(=O)NC4CCCCC4N)cc3)ccnc2[nH]1. The Morgan fingerprint density at radius 1 is 1.15 bits per heavy atom. The molecule has 4 rings (SSSR count). The fraction of sp³-hybridized carbons (Fsp3) is 0.350. The number of hydrogen-bond acceptors (Lipinski definition) is 4. The summed E-state index contributed by atoms with van der Waals surface area (Å²) in [4.78, 5) is 7.83. The highest BCUT2D eigenvalue weighted by Crippen LogP contribution is 2.29. The molecule has 0 radical (unpaired) electrons. The van der Waals surface area contributed by atoms with Gasteiger partial charge < -0.3 is 10.7 Å². The zero-order valence-corrected chi connectivity index (χ0v) is 16.1. The second kappa shape index (κ2) is 7.07. The largest absolute Gasteiger partial charge is 0.344 e. The van der Waals surface area contributed by atoms with E-state index in [9.17, 15) is 8.42 Å². The van der Waals surface area contributed by atoms with Crippen molar-refractivity contribution >= 4 is 21.1 Å². The van der Waals surface area contributed by atoms with Gasteiger partial charge in [-0.3, -0.25) is 0 Å². The molecular weight excluding hydrogens is 360 g/mol. The third kappa shape index (κ3) is 3.63. The molecule has 0 amide bonds. The van der Waals surface area contributed by atoms with Crippen molar-refractivity contribution in [1.29, 1.82) is 0 Å². The summed E-state index contributed by atoms with van der Waals surface area (Å²) in [6.07, 6.45) is 5.48. The maximum absolute atomic E-state index is 12.7. The van der Waals surface area contributed by atoms with Gasteiger partial charge in [0.1, 0.15) is 5.65 Å². The van der Waals surface area contributed by atoms with Gasteiger partial charge in [-0.1, -0.05) is 25.0 Å². The van der Waals surface area contributed by atoms with Gasteiger partial charge >= 0.3 is 0 Å². The molecule has 2 atom stereocenters. The van der Waals surface area contributed by atoms with Gasteiger partial charge in [-0.2, -0.15) is 0 Å². The van der Waals surface area contributed by atoms with Crippen LogP contribution in [-0.2, 0) is 10.0 Å². The Labute approximate surface area is 159 Å². The normalized spacial score (nSPS) is 20.8. The van der Waals surface area contributed by atoms with E-state index in [1.54, 1.807) is 18.3 Å². The van der Waals surface area contributed by atoms with E-state index >= 15 is 0 Å². The average molecular weight is 385 g/mol. The summed E-state index contributed by atoms with van der Waals surface area (Å²) in [5, 5.41) is 1.02. The molecule has 7 heteroatoms. The van der Waals surface area contributed by atoms with Gasteiger partial charge in [0, 0.05) is 29.4 Å². The Balaban J connectivity index is 1.61. The van der Waals surface area contributed by atoms with Gasteiger partial charge in [0.15, 0.2) is 0 Å². The van der Waals surface area contributed by atoms with E-state index < -0.39 is 10.0 Å². The standard InChI is InChI=1S/C20H24N4O2S/c1-13-12-17-16(10-11-22-20(17)23-13)14-6-8-15(9-7-14)27(25,26)24-19-5-3-2-4-18(19)21/h6-12,18-19,24H,2-5,21H2,1H3,(H,22,23). The Morgan fingerprint density at radius 3 is 2.63 bits per heavy atom. The molecule has 27 heavy (non-hydrogen) atoms. The van der Waals surface area contributed by atoms with Crippen LogP contribution in [0.2, 0.25) is 0 Å². The molecule has 2 unspecified atom stereocenters. The zero-order valence-electron chi connectivity index (χ0n) is 15.3. The van der Waals surface area contributed by atoms with Crippen LogP contribution in [0.5, 0.6) is 0 Å². The monoisotopic (exact) mass is 384 g/mol. The molecule has 3 aromatic rings. The number of fused-ring (bicyclic) bond motifs is 1. The summed E-state index contributed by atoms with van der Waals surface area (Å²) in [7, 11) is -3.58. The summed E-state index contributed by atoms with van der Waals surface area (Å²) >= 11 is 0. The molecule has 1 aliphatic carbocycles. The Morgan fingerprint density at radius 2 is 1.89 bits per heavy atom. The van der Waals surface area contributed by atoms with E-state index in [-0.39, 0.29) is 17.0 Å². The fourth-order valence-corrected chi connectivity index (χ4v) is 5.12. The average Bonchev–Trinajstić information content (AvgIpc) is 3.04. The minimum atomic E-state index is -3.58. The Kier molecular flexibility index (Phi) is 4.75. The number of aromatic nitrogens is 2. The summed E-state index contributed by atoms with van der Waals surface area (Å²) in [5.41, 5.74) is 9.93. The molecule has 1 aromatic carbocycles. The van der Waals surface area contributed by atoms with Crippen molar-refractivity contribution in [2.24, 2.45) is 5.73 Å². The minimum absolute atomic E-state index is 0.116. The molecular formula is C20H24N4O2S. The lowest BCUT2D eigenvalue weighted by molar-refractivity contribution is 0.361. The predicted octanol–water partition coefficient (Wildman–Crippen LogP) is 3.09. The number of nitrogens with two attached hydrogens (primary N) is 1. The Bertz CT molecular complexity index is 1060. The lowest BCUT2D eigenvalue weighted by Gasteiger charge is -2.29. The second-order valence-corrected chi connectivity index (χ2v) is 8.99. The van der Waals surface area contributed by atoms with E-state index in [0.717, 1.165) is 53.5 Å². The van der Waals surface area contributed by atoms with Crippen molar-refractivity contribution in [2.45, 2.75) is 49.6 Å². The first kappa shape index (κ1) is 18.2. The van der Waals surface area contributed by atoms with Gasteiger partial charge in [-0.05, 0) is 55.2 Å². The van der Waals surface area contributed by atoms with E-state index in [1.165, 1.54) is 0 Å². The number of aromatic amines is 1. The number of aryl methyl sites for hydroxylation is 1. The first-order valence-electron chi connectivity index (χ1n) is 9.27. The van der Waals surface area contributed by atoms with Gasteiger partial charge in [0.2, 0.25) is 10.0 Å². The van der Waals surface area contributed by atoms with Crippen LogP contribution in [0.3, 0.4) is 0 Å². The van der Waals surface area contributed by atoms with Gasteiger partial charge in [-0.25, -0.2) is 18.1 Å². The predicted molar refractivity (Wildman–Crippen MR) is 107 cm³/mol. The summed E-state index contributed by atoms with van der Waals surface area (Å²) < 4.78 is 28.2. The first-order valence-corrected chi connectivity index (χ1v) is 10.7. The summed E-state index contributed by atoms with van der Waals surface area (Å²) in [6.45, 7) is 1.99. The maximum atomic E-state index is 12.7. The van der Waals surface area contributed by atoms with E-state index in [4.69, 9.17) is 5.73 Å². The Hall–Kier alpha value is -2.22. The van der Waals surface area contributed by atoms with Crippen LogP contribution in [0.15, 0.2) is 47.5 Å². The third-order valence-corrected chi connectivity index (χ3v) is 6.77. The summed E-state index contributed by atoms with van der Waals surface area (Å²) in [6, 6.07) is 10.7. The number of rotatable bonds is 4. The molecule has 0 aliphatic heterocycles. The van der Waals surface area contributed by atoms with E-state index in [2.05, 4.69) is 14.7 Å². The molecule has 4 N–H and O–H groups in total. The minimum Gasteiger partial charge on any atom is -0.344 e. The molecule has 142 valence electrons. The fourth-order valence-electron chi connectivity index (χ4n) is 3.80. The van der Waals surface area contributed by atoms with Gasteiger partial charge in [0.25, 0.3) is 0 Å². The van der Waals surface area contributed by atoms with Crippen molar-refractivity contribution < 1.29 is 8.42 Å². The number of H-pyrrole nitrogens is 1. The van der Waals surface area contributed by atoms with Crippen LogP contribution in [0.4, 0.5) is 0 Å². The summed E-state index contributed by atoms with van der Waals surface area (Å²) in [5.74, 6) is 0. The van der Waals surface area contributed by atoms with Crippen LogP contribution in [0.1, 0.15) is 31.4 Å². The maximum Gasteiger partial charge on any atom is 0.240 e. The molecule has 1 aliphatic rings. The number of hydrogen-bond donors (Lipinski definition) is 3.